The lowest BCUT2D eigenvalue weighted by Crippen LogP contribution is -2.15. The molecule has 0 spiro atoms. The SMILES string of the molecule is O=C(/C=C/c1ccc(Cl)cc1)c1ccc(NS(=O)(=O)c2cccc(C(=O)c3cccc(S(=O)(=O)Nc4ccc(C(=O)/C=C/c5ccc(Cl)cc5)cc4)c3)c2)cc1. The van der Waals surface area contributed by atoms with Crippen molar-refractivity contribution < 1.29 is 31.2 Å². The summed E-state index contributed by atoms with van der Waals surface area (Å²) < 4.78 is 58.1. The smallest absolute Gasteiger partial charge is 0.261 e. The highest BCUT2D eigenvalue weighted by Crippen LogP contribution is 2.23. The number of ketones is 3. The van der Waals surface area contributed by atoms with Crippen molar-refractivity contribution in [2.45, 2.75) is 9.79 Å². The average Bonchev–Trinajstić information content (AvgIpc) is 3.20. The van der Waals surface area contributed by atoms with Crippen molar-refractivity contribution in [1.82, 2.24) is 0 Å². The monoisotopic (exact) mass is 820 g/mol. The van der Waals surface area contributed by atoms with E-state index >= 15 is 0 Å². The topological polar surface area (TPSA) is 144 Å². The van der Waals surface area contributed by atoms with Gasteiger partial charge in [-0.3, -0.25) is 23.8 Å². The van der Waals surface area contributed by atoms with Gasteiger partial charge in [0.05, 0.1) is 9.79 Å². The number of carbonyl (C=O) groups excluding carboxylic acids is 3. The van der Waals surface area contributed by atoms with Crippen LogP contribution in [0.5, 0.6) is 0 Å². The van der Waals surface area contributed by atoms with Crippen LogP contribution in [-0.2, 0) is 20.0 Å². The van der Waals surface area contributed by atoms with Crippen LogP contribution in [0.15, 0.2) is 168 Å². The lowest BCUT2D eigenvalue weighted by atomic mass is 10.0. The van der Waals surface area contributed by atoms with Gasteiger partial charge in [0, 0.05) is 43.7 Å². The van der Waals surface area contributed by atoms with E-state index in [-0.39, 0.29) is 43.9 Å². The zero-order valence-electron chi connectivity index (χ0n) is 29.1. The van der Waals surface area contributed by atoms with Crippen LogP contribution in [0.4, 0.5) is 11.4 Å². The summed E-state index contributed by atoms with van der Waals surface area (Å²) in [5.74, 6) is -1.17. The number of halogens is 2. The molecule has 56 heavy (non-hydrogen) atoms. The van der Waals surface area contributed by atoms with Crippen molar-refractivity contribution in [1.29, 1.82) is 0 Å². The number of allylic oxidation sites excluding steroid dienone is 2. The summed E-state index contributed by atoms with van der Waals surface area (Å²) >= 11 is 11.8. The fourth-order valence-corrected chi connectivity index (χ4v) is 7.75. The van der Waals surface area contributed by atoms with Crippen LogP contribution in [0.3, 0.4) is 0 Å². The highest BCUT2D eigenvalue weighted by Gasteiger charge is 2.20. The molecule has 0 unspecified atom stereocenters. The van der Waals surface area contributed by atoms with Crippen LogP contribution in [0.1, 0.15) is 47.8 Å². The highest BCUT2D eigenvalue weighted by atomic mass is 35.5. The zero-order valence-corrected chi connectivity index (χ0v) is 32.2. The molecule has 6 aromatic rings. The van der Waals surface area contributed by atoms with Crippen LogP contribution in [0, 0.1) is 0 Å². The Balaban J connectivity index is 1.10. The zero-order chi connectivity index (χ0) is 39.9. The van der Waals surface area contributed by atoms with Gasteiger partial charge in [0.2, 0.25) is 0 Å². The van der Waals surface area contributed by atoms with E-state index in [1.807, 2.05) is 0 Å². The fourth-order valence-electron chi connectivity index (χ4n) is 5.29. The lowest BCUT2D eigenvalue weighted by Gasteiger charge is -2.11. The lowest BCUT2D eigenvalue weighted by molar-refractivity contribution is 0.103. The molecule has 0 amide bonds. The maximum absolute atomic E-state index is 13.5. The fraction of sp³-hybridized carbons (Fsp3) is 0. The second-order valence-electron chi connectivity index (χ2n) is 12.2. The number of hydrogen-bond acceptors (Lipinski definition) is 7. The Bertz CT molecular complexity index is 2530. The maximum Gasteiger partial charge on any atom is 0.261 e. The van der Waals surface area contributed by atoms with E-state index in [4.69, 9.17) is 23.2 Å². The number of nitrogens with one attached hydrogen (secondary N) is 2. The van der Waals surface area contributed by atoms with Crippen LogP contribution < -0.4 is 9.44 Å². The van der Waals surface area contributed by atoms with Crippen molar-refractivity contribution >= 4 is 84.1 Å². The molecular formula is C43H30Cl2N2O7S2. The summed E-state index contributed by atoms with van der Waals surface area (Å²) in [6.45, 7) is 0. The summed E-state index contributed by atoms with van der Waals surface area (Å²) in [6.07, 6.45) is 6.09. The third-order valence-electron chi connectivity index (χ3n) is 8.25. The standard InChI is InChI=1S/C43H30Cl2N2O7S2/c44-35-17-7-29(8-18-35)11-25-41(48)31-13-21-37(22-14-31)46-55(51,52)39-5-1-3-33(27-39)43(50)34-4-2-6-40(28-34)56(53,54)47-38-23-15-32(16-24-38)42(49)26-12-30-9-19-36(45)20-10-30/h1-28,46-47H/b25-11+,26-12+. The molecule has 0 aliphatic heterocycles. The molecular weight excluding hydrogens is 792 g/mol. The summed E-state index contributed by atoms with van der Waals surface area (Å²) in [5, 5.41) is 1.16. The van der Waals surface area contributed by atoms with Gasteiger partial charge in [0.1, 0.15) is 0 Å². The molecule has 13 heteroatoms. The maximum atomic E-state index is 13.5. The second kappa shape index (κ2) is 17.1. The molecule has 6 rings (SSSR count). The van der Waals surface area contributed by atoms with Crippen LogP contribution in [0.25, 0.3) is 12.2 Å². The van der Waals surface area contributed by atoms with Crippen molar-refractivity contribution in [3.05, 3.63) is 201 Å². The summed E-state index contributed by atoms with van der Waals surface area (Å²) in [5.41, 5.74) is 2.66. The molecule has 280 valence electrons. The van der Waals surface area contributed by atoms with Gasteiger partial charge in [-0.25, -0.2) is 16.8 Å². The van der Waals surface area contributed by atoms with Crippen molar-refractivity contribution in [2.75, 3.05) is 9.44 Å². The van der Waals surface area contributed by atoms with Crippen LogP contribution in [0.2, 0.25) is 10.0 Å². The van der Waals surface area contributed by atoms with Gasteiger partial charge in [0.25, 0.3) is 20.0 Å². The predicted molar refractivity (Wildman–Crippen MR) is 220 cm³/mol. The van der Waals surface area contributed by atoms with E-state index in [9.17, 15) is 31.2 Å². The Morgan fingerprint density at radius 1 is 0.446 bits per heavy atom. The summed E-state index contributed by atoms with van der Waals surface area (Å²) in [7, 11) is -8.35. The van der Waals surface area contributed by atoms with Gasteiger partial charge in [-0.15, -0.1) is 0 Å². The van der Waals surface area contributed by atoms with Gasteiger partial charge >= 0.3 is 0 Å². The second-order valence-corrected chi connectivity index (χ2v) is 16.5. The minimum atomic E-state index is -4.17. The minimum Gasteiger partial charge on any atom is -0.289 e. The first kappa shape index (κ1) is 39.6. The van der Waals surface area contributed by atoms with E-state index in [2.05, 4.69) is 9.44 Å². The Hall–Kier alpha value is -6.11. The molecule has 0 aromatic heterocycles. The molecule has 9 nitrogen and oxygen atoms in total. The number of anilines is 2. The predicted octanol–water partition coefficient (Wildman–Crippen LogP) is 9.62. The molecule has 6 aromatic carbocycles. The van der Waals surface area contributed by atoms with Gasteiger partial charge in [-0.05, 0) is 120 Å². The van der Waals surface area contributed by atoms with Gasteiger partial charge in [0.15, 0.2) is 17.3 Å². The molecule has 0 fully saturated rings. The van der Waals surface area contributed by atoms with Gasteiger partial charge < -0.3 is 0 Å². The van der Waals surface area contributed by atoms with Crippen molar-refractivity contribution in [3.8, 4) is 0 Å². The third kappa shape index (κ3) is 10.1. The number of hydrogen-bond donors (Lipinski definition) is 2. The van der Waals surface area contributed by atoms with Gasteiger partial charge in [-0.2, -0.15) is 0 Å². The Morgan fingerprint density at radius 2 is 0.804 bits per heavy atom. The van der Waals surface area contributed by atoms with Crippen LogP contribution >= 0.6 is 23.2 Å². The van der Waals surface area contributed by atoms with E-state index in [0.29, 0.717) is 21.2 Å². The molecule has 0 heterocycles. The summed E-state index contributed by atoms with van der Waals surface area (Å²) in [4.78, 5) is 38.4. The quantitative estimate of drug-likeness (QED) is 0.0823. The Kier molecular flexibility index (Phi) is 12.1. The number of benzene rings is 6. The molecule has 0 saturated heterocycles. The van der Waals surface area contributed by atoms with Crippen LogP contribution in [-0.4, -0.2) is 34.2 Å². The average molecular weight is 822 g/mol. The third-order valence-corrected chi connectivity index (χ3v) is 11.5. The molecule has 0 bridgehead atoms. The first-order chi connectivity index (χ1) is 26.8. The van der Waals surface area contributed by atoms with E-state index in [1.165, 1.54) is 109 Å². The molecule has 0 saturated carbocycles. The van der Waals surface area contributed by atoms with E-state index in [1.54, 1.807) is 60.7 Å². The molecule has 2 N–H and O–H groups in total. The highest BCUT2D eigenvalue weighted by molar-refractivity contribution is 7.93. The van der Waals surface area contributed by atoms with Crippen molar-refractivity contribution in [3.63, 3.8) is 0 Å². The molecule has 0 atom stereocenters. The minimum absolute atomic E-state index is 0.00849. The first-order valence-corrected chi connectivity index (χ1v) is 20.4. The molecule has 0 radical (unpaired) electrons. The number of rotatable bonds is 14. The number of sulfonamides is 2. The number of carbonyl (C=O) groups is 3. The molecule has 0 aliphatic carbocycles. The van der Waals surface area contributed by atoms with Gasteiger partial charge in [-0.1, -0.05) is 83.9 Å². The largest absolute Gasteiger partial charge is 0.289 e. The van der Waals surface area contributed by atoms with Crippen molar-refractivity contribution in [2.24, 2.45) is 0 Å². The normalized spacial score (nSPS) is 11.8. The van der Waals surface area contributed by atoms with E-state index < -0.39 is 25.8 Å². The first-order valence-electron chi connectivity index (χ1n) is 16.7. The summed E-state index contributed by atoms with van der Waals surface area (Å²) in [6, 6.07) is 36.3. The molecule has 0 aliphatic rings. The van der Waals surface area contributed by atoms with E-state index in [0.717, 1.165) is 11.1 Å². The Labute approximate surface area is 334 Å². The Morgan fingerprint density at radius 3 is 1.16 bits per heavy atom.